The van der Waals surface area contributed by atoms with Crippen LogP contribution in [-0.2, 0) is 33.8 Å². The highest BCUT2D eigenvalue weighted by atomic mass is 32.2. The normalized spacial score (nSPS) is 26.2. The van der Waals surface area contributed by atoms with Crippen LogP contribution in [0, 0.1) is 11.3 Å². The maximum Gasteiger partial charge on any atom is 0.246 e. The van der Waals surface area contributed by atoms with Crippen LogP contribution in [0.5, 0.6) is 0 Å². The van der Waals surface area contributed by atoms with E-state index in [1.165, 1.54) is 5.56 Å². The van der Waals surface area contributed by atoms with E-state index in [4.69, 9.17) is 12.2 Å². The number of benzene rings is 2. The number of likely N-dealkylation sites (N-methyl/N-ethyl adjacent to an activating group) is 1. The summed E-state index contributed by atoms with van der Waals surface area (Å²) in [5, 5.41) is 12.8. The minimum Gasteiger partial charge on any atom is -0.367 e. The van der Waals surface area contributed by atoms with Crippen LogP contribution >= 0.6 is 24.0 Å². The minimum absolute atomic E-state index is 0.0706. The van der Waals surface area contributed by atoms with Crippen LogP contribution in [0.4, 0.5) is 0 Å². The number of nitrogens with zero attached hydrogens (tertiary/aromatic N) is 1. The van der Waals surface area contributed by atoms with E-state index >= 15 is 0 Å². The zero-order valence-electron chi connectivity index (χ0n) is 27.0. The molecule has 0 bridgehead atoms. The van der Waals surface area contributed by atoms with Crippen molar-refractivity contribution in [2.24, 2.45) is 11.3 Å². The molecule has 2 heterocycles. The molecule has 2 aliphatic heterocycles. The topological polar surface area (TPSA) is 103 Å². The predicted molar refractivity (Wildman–Crippen MR) is 185 cm³/mol. The van der Waals surface area contributed by atoms with Crippen molar-refractivity contribution in [1.29, 1.82) is 0 Å². The van der Waals surface area contributed by atoms with Gasteiger partial charge in [-0.15, -0.1) is 11.8 Å². The first-order chi connectivity index (χ1) is 21.5. The monoisotopic (exact) mass is 649 g/mol. The average Bonchev–Trinajstić information content (AvgIpc) is 3.23. The van der Waals surface area contributed by atoms with Gasteiger partial charge in [-0.2, -0.15) is 0 Å². The molecular weight excluding hydrogens is 603 g/mol. The number of aryl methyl sites for hydroxylation is 2. The number of carbonyl (C=O) groups excluding carboxylic acids is 3. The van der Waals surface area contributed by atoms with Gasteiger partial charge in [-0.1, -0.05) is 81.5 Å². The molecule has 1 aliphatic carbocycles. The number of thiocarbonyl (C=S) groups is 1. The third kappa shape index (κ3) is 7.23. The summed E-state index contributed by atoms with van der Waals surface area (Å²) >= 11 is 7.31. The Morgan fingerprint density at radius 1 is 1.04 bits per heavy atom. The molecule has 6 atom stereocenters. The Hall–Kier alpha value is -2.95. The Balaban J connectivity index is 1.37. The van der Waals surface area contributed by atoms with E-state index in [0.29, 0.717) is 30.8 Å². The summed E-state index contributed by atoms with van der Waals surface area (Å²) in [6.45, 7) is 8.65. The molecular formula is C35H47N5O3S2. The van der Waals surface area contributed by atoms with Gasteiger partial charge in [0.1, 0.15) is 12.1 Å². The van der Waals surface area contributed by atoms with Crippen molar-refractivity contribution in [2.75, 3.05) is 12.8 Å². The van der Waals surface area contributed by atoms with Crippen molar-refractivity contribution in [2.45, 2.75) is 95.9 Å². The Morgan fingerprint density at radius 3 is 2.47 bits per heavy atom. The van der Waals surface area contributed by atoms with E-state index in [2.05, 4.69) is 72.4 Å². The minimum atomic E-state index is -0.671. The smallest absolute Gasteiger partial charge is 0.246 e. The molecule has 242 valence electrons. The summed E-state index contributed by atoms with van der Waals surface area (Å²) in [5.41, 5.74) is 3.96. The third-order valence-electron chi connectivity index (χ3n) is 9.74. The van der Waals surface area contributed by atoms with Crippen molar-refractivity contribution < 1.29 is 14.4 Å². The van der Waals surface area contributed by atoms with Gasteiger partial charge >= 0.3 is 0 Å². The maximum absolute atomic E-state index is 14.4. The second kappa shape index (κ2) is 14.2. The first-order valence-corrected chi connectivity index (χ1v) is 17.6. The fraction of sp³-hybridized carbons (Fsp3) is 0.543. The van der Waals surface area contributed by atoms with E-state index in [-0.39, 0.29) is 29.1 Å². The van der Waals surface area contributed by atoms with Crippen LogP contribution in [0.15, 0.2) is 48.5 Å². The van der Waals surface area contributed by atoms with Crippen molar-refractivity contribution in [3.05, 3.63) is 70.8 Å². The van der Waals surface area contributed by atoms with Crippen LogP contribution in [0.2, 0.25) is 0 Å². The molecule has 0 aromatic heterocycles. The summed E-state index contributed by atoms with van der Waals surface area (Å²) in [6, 6.07) is 14.6. The third-order valence-corrected chi connectivity index (χ3v) is 11.5. The fourth-order valence-corrected chi connectivity index (χ4v) is 8.78. The van der Waals surface area contributed by atoms with Gasteiger partial charge in [0, 0.05) is 6.54 Å². The lowest BCUT2D eigenvalue weighted by Gasteiger charge is -2.38. The first kappa shape index (κ1) is 33.4. The Morgan fingerprint density at radius 2 is 1.76 bits per heavy atom. The average molecular weight is 650 g/mol. The molecule has 1 unspecified atom stereocenters. The molecule has 0 saturated carbocycles. The number of carbonyl (C=O) groups is 3. The first-order valence-electron chi connectivity index (χ1n) is 16.2. The van der Waals surface area contributed by atoms with Crippen LogP contribution < -0.4 is 21.3 Å². The number of fused-ring (bicyclic) bond motifs is 2. The van der Waals surface area contributed by atoms with Crippen molar-refractivity contribution in [1.82, 2.24) is 26.2 Å². The zero-order valence-corrected chi connectivity index (χ0v) is 28.7. The van der Waals surface area contributed by atoms with Gasteiger partial charge in [0.25, 0.3) is 0 Å². The lowest BCUT2D eigenvalue weighted by atomic mass is 9.78. The lowest BCUT2D eigenvalue weighted by molar-refractivity contribution is -0.143. The highest BCUT2D eigenvalue weighted by molar-refractivity contribution is 7.99. The van der Waals surface area contributed by atoms with E-state index in [1.54, 1.807) is 16.7 Å². The molecule has 0 spiro atoms. The number of hydrogen-bond donors (Lipinski definition) is 4. The molecule has 45 heavy (non-hydrogen) atoms. The van der Waals surface area contributed by atoms with Gasteiger partial charge in [0.15, 0.2) is 0 Å². The van der Waals surface area contributed by atoms with Gasteiger partial charge in [0.2, 0.25) is 17.7 Å². The Labute approximate surface area is 277 Å². The fourth-order valence-electron chi connectivity index (χ4n) is 6.95. The van der Waals surface area contributed by atoms with Crippen LogP contribution in [0.3, 0.4) is 0 Å². The van der Waals surface area contributed by atoms with E-state index in [1.807, 2.05) is 32.2 Å². The molecule has 3 aliphatic rings. The van der Waals surface area contributed by atoms with Crippen molar-refractivity contribution >= 4 is 46.7 Å². The predicted octanol–water partition coefficient (Wildman–Crippen LogP) is 4.27. The maximum atomic E-state index is 14.4. The zero-order chi connectivity index (χ0) is 32.3. The van der Waals surface area contributed by atoms with Crippen molar-refractivity contribution in [3.8, 4) is 0 Å². The Kier molecular flexibility index (Phi) is 10.6. The second-order valence-corrected chi connectivity index (χ2v) is 15.0. The molecule has 2 saturated heterocycles. The van der Waals surface area contributed by atoms with Gasteiger partial charge in [-0.25, -0.2) is 0 Å². The Bertz CT molecular complexity index is 1410. The summed E-state index contributed by atoms with van der Waals surface area (Å²) in [5.74, 6) is -0.00378. The molecule has 2 fully saturated rings. The number of amides is 3. The van der Waals surface area contributed by atoms with Crippen LogP contribution in [0.25, 0.3) is 0 Å². The molecule has 5 rings (SSSR count). The molecule has 2 aromatic rings. The van der Waals surface area contributed by atoms with E-state index in [0.717, 1.165) is 35.3 Å². The van der Waals surface area contributed by atoms with Crippen LogP contribution in [-0.4, -0.2) is 63.9 Å². The summed E-state index contributed by atoms with van der Waals surface area (Å²) in [6.07, 6.45) is 3.72. The number of hydrogen-bond acceptors (Lipinski definition) is 6. The summed E-state index contributed by atoms with van der Waals surface area (Å²) in [4.78, 5) is 44.7. The van der Waals surface area contributed by atoms with Crippen molar-refractivity contribution in [3.63, 3.8) is 0 Å². The van der Waals surface area contributed by atoms with Gasteiger partial charge in [-0.05, 0) is 79.5 Å². The molecule has 0 radical (unpaired) electrons. The number of nitrogens with one attached hydrogen (secondary N) is 4. The highest BCUT2D eigenvalue weighted by Gasteiger charge is 2.55. The number of thioether (sulfide) groups is 1. The van der Waals surface area contributed by atoms with Gasteiger partial charge in [0.05, 0.1) is 28.4 Å². The number of rotatable bonds is 9. The molecule has 2 aromatic carbocycles. The standard InChI is InChI=1S/C35H47N5O3S2/c1-6-22-11-13-23(14-12-22)20-37-31(41)26-16-15-24-9-7-8-10-25(24)29(26)39-32(42)30-35(3,4)19-28-40(30)34(43)27(17-18-45-28)38-33(44)21(2)36-5/h7-14,21,26-30,36H,6,15-20H2,1-5H3,(H,37,41)(H,38,44)(H,39,42)/t21-,26+,27-,28?,29-,30+/m0/s1. The quantitative estimate of drug-likeness (QED) is 0.301. The molecule has 10 heteroatoms. The van der Waals surface area contributed by atoms with E-state index in [9.17, 15) is 14.4 Å². The molecule has 4 N–H and O–H groups in total. The SMILES string of the molecule is CCc1ccc(CNC(=O)[C@@H]2CCc3ccccc3[C@@H]2NC(=O)[C@H]2N3C(=O)[C@@H](NC(=S)[C@H](C)NC)CCSC3CC2(C)C)cc1. The summed E-state index contributed by atoms with van der Waals surface area (Å²) < 4.78 is 0. The van der Waals surface area contributed by atoms with Gasteiger partial charge < -0.3 is 26.2 Å². The summed E-state index contributed by atoms with van der Waals surface area (Å²) in [7, 11) is 1.84. The van der Waals surface area contributed by atoms with E-state index < -0.39 is 29.5 Å². The van der Waals surface area contributed by atoms with Gasteiger partial charge in [-0.3, -0.25) is 14.4 Å². The molecule has 3 amide bonds. The second-order valence-electron chi connectivity index (χ2n) is 13.2. The largest absolute Gasteiger partial charge is 0.367 e. The lowest BCUT2D eigenvalue weighted by Crippen LogP contribution is -2.58. The highest BCUT2D eigenvalue weighted by Crippen LogP contribution is 2.47. The molecule has 8 nitrogen and oxygen atoms in total. The van der Waals surface area contributed by atoms with Crippen LogP contribution in [0.1, 0.15) is 75.3 Å².